The summed E-state index contributed by atoms with van der Waals surface area (Å²) < 4.78 is 5.15. The van der Waals surface area contributed by atoms with Gasteiger partial charge in [0, 0.05) is 13.1 Å². The number of anilines is 1. The van der Waals surface area contributed by atoms with Gasteiger partial charge in [-0.1, -0.05) is 12.1 Å². The number of carbonyl (C=O) groups is 2. The smallest absolute Gasteiger partial charge is 0.341 e. The molecule has 1 aromatic rings. The number of nitrogens with one attached hydrogen (secondary N) is 1. The second-order valence-corrected chi connectivity index (χ2v) is 4.66. The molecular weight excluding hydrogens is 260 g/mol. The number of carboxylic acids is 1. The fourth-order valence-electron chi connectivity index (χ4n) is 2.13. The number of piperidine rings is 1. The van der Waals surface area contributed by atoms with Gasteiger partial charge in [-0.05, 0) is 31.4 Å². The standard InChI is InChI=1S/C14H18N2O4/c17-13(18)10-20-12-7-3-2-6-11(12)15-14(19)16-8-4-1-5-9-16/h2-3,6-7H,1,4-5,8-10H2,(H,15,19)(H,17,18). The first-order chi connectivity index (χ1) is 9.66. The van der Waals surface area contributed by atoms with E-state index in [2.05, 4.69) is 5.32 Å². The van der Waals surface area contributed by atoms with Crippen molar-refractivity contribution in [2.45, 2.75) is 19.3 Å². The molecule has 1 aliphatic rings. The van der Waals surface area contributed by atoms with Gasteiger partial charge in [-0.15, -0.1) is 0 Å². The van der Waals surface area contributed by atoms with E-state index in [0.717, 1.165) is 32.4 Å². The molecule has 1 aromatic carbocycles. The summed E-state index contributed by atoms with van der Waals surface area (Å²) in [6.45, 7) is 1.07. The number of hydrogen-bond donors (Lipinski definition) is 2. The number of amides is 2. The van der Waals surface area contributed by atoms with Crippen LogP contribution in [-0.2, 0) is 4.79 Å². The molecule has 6 nitrogen and oxygen atoms in total. The van der Waals surface area contributed by atoms with Crippen molar-refractivity contribution in [1.29, 1.82) is 0 Å². The highest BCUT2D eigenvalue weighted by Gasteiger charge is 2.17. The van der Waals surface area contributed by atoms with Crippen molar-refractivity contribution >= 4 is 17.7 Å². The predicted molar refractivity (Wildman–Crippen MR) is 74.0 cm³/mol. The molecule has 0 aromatic heterocycles. The number of aliphatic carboxylic acids is 1. The monoisotopic (exact) mass is 278 g/mol. The van der Waals surface area contributed by atoms with E-state index in [1.165, 1.54) is 0 Å². The molecule has 0 unspecified atom stereocenters. The first kappa shape index (κ1) is 14.2. The summed E-state index contributed by atoms with van der Waals surface area (Å²) >= 11 is 0. The van der Waals surface area contributed by atoms with Crippen molar-refractivity contribution in [3.63, 3.8) is 0 Å². The fraction of sp³-hybridized carbons (Fsp3) is 0.429. The van der Waals surface area contributed by atoms with Crippen LogP contribution < -0.4 is 10.1 Å². The van der Waals surface area contributed by atoms with E-state index in [1.807, 2.05) is 0 Å². The summed E-state index contributed by atoms with van der Waals surface area (Å²) in [7, 11) is 0. The van der Waals surface area contributed by atoms with Gasteiger partial charge in [0.15, 0.2) is 6.61 Å². The lowest BCUT2D eigenvalue weighted by Crippen LogP contribution is -2.38. The van der Waals surface area contributed by atoms with Crippen LogP contribution in [-0.4, -0.2) is 41.7 Å². The summed E-state index contributed by atoms with van der Waals surface area (Å²) in [5.41, 5.74) is 0.490. The minimum Gasteiger partial charge on any atom is -0.480 e. The SMILES string of the molecule is O=C(O)COc1ccccc1NC(=O)N1CCCCC1. The molecule has 1 fully saturated rings. The highest BCUT2D eigenvalue weighted by atomic mass is 16.5. The molecule has 2 N–H and O–H groups in total. The second kappa shape index (κ2) is 6.79. The zero-order valence-corrected chi connectivity index (χ0v) is 11.2. The Morgan fingerprint density at radius 2 is 1.90 bits per heavy atom. The molecule has 0 aliphatic carbocycles. The molecule has 0 spiro atoms. The number of para-hydroxylation sites is 2. The maximum atomic E-state index is 12.1. The first-order valence-corrected chi connectivity index (χ1v) is 6.66. The lowest BCUT2D eigenvalue weighted by atomic mass is 10.1. The number of carboxylic acid groups (broad SMARTS) is 1. The lowest BCUT2D eigenvalue weighted by molar-refractivity contribution is -0.139. The van der Waals surface area contributed by atoms with Gasteiger partial charge in [-0.2, -0.15) is 0 Å². The Balaban J connectivity index is 2.00. The summed E-state index contributed by atoms with van der Waals surface area (Å²) in [5, 5.41) is 11.4. The van der Waals surface area contributed by atoms with Crippen LogP contribution in [0.15, 0.2) is 24.3 Å². The zero-order valence-electron chi connectivity index (χ0n) is 11.2. The Morgan fingerprint density at radius 1 is 1.20 bits per heavy atom. The molecule has 1 aliphatic heterocycles. The van der Waals surface area contributed by atoms with Crippen molar-refractivity contribution in [3.05, 3.63) is 24.3 Å². The highest BCUT2D eigenvalue weighted by Crippen LogP contribution is 2.24. The highest BCUT2D eigenvalue weighted by molar-refractivity contribution is 5.91. The molecule has 108 valence electrons. The van der Waals surface area contributed by atoms with E-state index in [-0.39, 0.29) is 6.03 Å². The second-order valence-electron chi connectivity index (χ2n) is 4.66. The molecule has 1 saturated heterocycles. The van der Waals surface area contributed by atoms with Crippen LogP contribution in [0.5, 0.6) is 5.75 Å². The van der Waals surface area contributed by atoms with Gasteiger partial charge < -0.3 is 20.1 Å². The number of carbonyl (C=O) groups excluding carboxylic acids is 1. The molecule has 2 rings (SSSR count). The van der Waals surface area contributed by atoms with Crippen molar-refractivity contribution < 1.29 is 19.4 Å². The third kappa shape index (κ3) is 3.88. The van der Waals surface area contributed by atoms with Crippen LogP contribution in [0.2, 0.25) is 0 Å². The largest absolute Gasteiger partial charge is 0.480 e. The van der Waals surface area contributed by atoms with Gasteiger partial charge in [-0.25, -0.2) is 9.59 Å². The average molecular weight is 278 g/mol. The van der Waals surface area contributed by atoms with E-state index in [0.29, 0.717) is 11.4 Å². The van der Waals surface area contributed by atoms with Crippen LogP contribution in [0.25, 0.3) is 0 Å². The van der Waals surface area contributed by atoms with Gasteiger partial charge in [0.05, 0.1) is 5.69 Å². The van der Waals surface area contributed by atoms with Gasteiger partial charge >= 0.3 is 12.0 Å². The minimum absolute atomic E-state index is 0.170. The van der Waals surface area contributed by atoms with E-state index >= 15 is 0 Å². The average Bonchev–Trinajstić information content (AvgIpc) is 2.47. The third-order valence-corrected chi connectivity index (χ3v) is 3.12. The lowest BCUT2D eigenvalue weighted by Gasteiger charge is -2.27. The van der Waals surface area contributed by atoms with Crippen molar-refractivity contribution in [2.75, 3.05) is 25.0 Å². The number of hydrogen-bond acceptors (Lipinski definition) is 3. The summed E-state index contributed by atoms with van der Waals surface area (Å²) in [5.74, 6) is -0.692. The molecule has 0 bridgehead atoms. The van der Waals surface area contributed by atoms with Crippen molar-refractivity contribution in [1.82, 2.24) is 4.90 Å². The van der Waals surface area contributed by atoms with E-state index in [9.17, 15) is 9.59 Å². The predicted octanol–water partition coefficient (Wildman–Crippen LogP) is 2.17. The van der Waals surface area contributed by atoms with Crippen LogP contribution in [0.4, 0.5) is 10.5 Å². The molecule has 6 heteroatoms. The quantitative estimate of drug-likeness (QED) is 0.884. The topological polar surface area (TPSA) is 78.9 Å². The Morgan fingerprint density at radius 3 is 2.60 bits per heavy atom. The van der Waals surface area contributed by atoms with E-state index < -0.39 is 12.6 Å². The third-order valence-electron chi connectivity index (χ3n) is 3.12. The number of ether oxygens (including phenoxy) is 1. The number of benzene rings is 1. The summed E-state index contributed by atoms with van der Waals surface area (Å²) in [6.07, 6.45) is 3.19. The first-order valence-electron chi connectivity index (χ1n) is 6.66. The van der Waals surface area contributed by atoms with Crippen LogP contribution in [0.3, 0.4) is 0 Å². The molecule has 0 saturated carbocycles. The zero-order chi connectivity index (χ0) is 14.4. The molecule has 0 atom stereocenters. The number of nitrogens with zero attached hydrogens (tertiary/aromatic N) is 1. The Kier molecular flexibility index (Phi) is 4.81. The summed E-state index contributed by atoms with van der Waals surface area (Å²) in [6, 6.07) is 6.65. The van der Waals surface area contributed by atoms with Crippen LogP contribution in [0, 0.1) is 0 Å². The fourth-order valence-corrected chi connectivity index (χ4v) is 2.13. The number of likely N-dealkylation sites (tertiary alicyclic amines) is 1. The maximum absolute atomic E-state index is 12.1. The van der Waals surface area contributed by atoms with Gasteiger partial charge in [0.25, 0.3) is 0 Å². The minimum atomic E-state index is -1.05. The molecular formula is C14H18N2O4. The summed E-state index contributed by atoms with van der Waals surface area (Å²) in [4.78, 5) is 24.4. The van der Waals surface area contributed by atoms with Crippen LogP contribution in [0.1, 0.15) is 19.3 Å². The van der Waals surface area contributed by atoms with Gasteiger partial charge in [0.2, 0.25) is 0 Å². The molecule has 2 amide bonds. The van der Waals surface area contributed by atoms with Crippen molar-refractivity contribution in [3.8, 4) is 5.75 Å². The Bertz CT molecular complexity index is 484. The van der Waals surface area contributed by atoms with Gasteiger partial charge in [0.1, 0.15) is 5.75 Å². The van der Waals surface area contributed by atoms with Crippen molar-refractivity contribution in [2.24, 2.45) is 0 Å². The maximum Gasteiger partial charge on any atom is 0.341 e. The Hall–Kier alpha value is -2.24. The molecule has 0 radical (unpaired) electrons. The molecule has 1 heterocycles. The number of rotatable bonds is 4. The van der Waals surface area contributed by atoms with E-state index in [1.54, 1.807) is 29.2 Å². The van der Waals surface area contributed by atoms with E-state index in [4.69, 9.17) is 9.84 Å². The van der Waals surface area contributed by atoms with Crippen LogP contribution >= 0.6 is 0 Å². The number of urea groups is 1. The Labute approximate surface area is 117 Å². The van der Waals surface area contributed by atoms with Gasteiger partial charge in [-0.3, -0.25) is 0 Å². The molecule has 20 heavy (non-hydrogen) atoms. The normalized spacial score (nSPS) is 14.7.